The Kier molecular flexibility index (Phi) is 6.25. The van der Waals surface area contributed by atoms with Crippen LogP contribution in [0.4, 0.5) is 0 Å². The molecule has 1 heterocycles. The van der Waals surface area contributed by atoms with Crippen molar-refractivity contribution in [1.29, 1.82) is 0 Å². The minimum Gasteiger partial charge on any atom is -0.493 e. The minimum atomic E-state index is 0.214. The maximum absolute atomic E-state index is 12.3. The van der Waals surface area contributed by atoms with E-state index in [4.69, 9.17) is 4.74 Å². The molecule has 1 aliphatic heterocycles. The fraction of sp³-hybridized carbons (Fsp3) is 0.611. The number of nitrogens with one attached hydrogen (secondary N) is 1. The Morgan fingerprint density at radius 1 is 1.41 bits per heavy atom. The van der Waals surface area contributed by atoms with E-state index in [9.17, 15) is 4.79 Å². The van der Waals surface area contributed by atoms with Gasteiger partial charge >= 0.3 is 0 Å². The normalized spacial score (nSPS) is 18.3. The molecule has 2 rings (SSSR count). The maximum atomic E-state index is 12.3. The van der Waals surface area contributed by atoms with Crippen molar-refractivity contribution in [2.45, 2.75) is 33.1 Å². The van der Waals surface area contributed by atoms with Crippen LogP contribution in [0.2, 0.25) is 0 Å². The molecule has 4 nitrogen and oxygen atoms in total. The zero-order valence-corrected chi connectivity index (χ0v) is 14.0. The molecular weight excluding hydrogens is 276 g/mol. The number of hydrogen-bond acceptors (Lipinski definition) is 3. The third-order valence-electron chi connectivity index (χ3n) is 4.49. The molecule has 0 unspecified atom stereocenters. The number of carbonyl (C=O) groups is 1. The Bertz CT molecular complexity index is 500. The van der Waals surface area contributed by atoms with Crippen LogP contribution in [-0.2, 0) is 4.79 Å². The van der Waals surface area contributed by atoms with Crippen molar-refractivity contribution in [3.63, 3.8) is 0 Å². The highest BCUT2D eigenvalue weighted by Crippen LogP contribution is 2.21. The molecule has 4 heteroatoms. The quantitative estimate of drug-likeness (QED) is 0.878. The lowest BCUT2D eigenvalue weighted by molar-refractivity contribution is -0.133. The second kappa shape index (κ2) is 8.18. The van der Waals surface area contributed by atoms with Crippen molar-refractivity contribution in [2.24, 2.45) is 5.92 Å². The van der Waals surface area contributed by atoms with Crippen LogP contribution in [0, 0.1) is 19.8 Å². The molecule has 22 heavy (non-hydrogen) atoms. The first-order chi connectivity index (χ1) is 10.6. The van der Waals surface area contributed by atoms with Crippen molar-refractivity contribution in [3.05, 3.63) is 29.3 Å². The second-order valence-electron chi connectivity index (χ2n) is 6.20. The maximum Gasteiger partial charge on any atom is 0.226 e. The molecule has 1 amide bonds. The Morgan fingerprint density at radius 2 is 2.23 bits per heavy atom. The predicted octanol–water partition coefficient (Wildman–Crippen LogP) is 2.53. The summed E-state index contributed by atoms with van der Waals surface area (Å²) >= 11 is 0. The first kappa shape index (κ1) is 16.8. The molecule has 0 aliphatic carbocycles. The number of rotatable bonds is 6. The van der Waals surface area contributed by atoms with E-state index in [1.807, 2.05) is 24.1 Å². The van der Waals surface area contributed by atoms with Gasteiger partial charge < -0.3 is 15.0 Å². The number of hydrogen-bond donors (Lipinski definition) is 1. The minimum absolute atomic E-state index is 0.214. The van der Waals surface area contributed by atoms with Gasteiger partial charge in [0.15, 0.2) is 0 Å². The van der Waals surface area contributed by atoms with Gasteiger partial charge in [-0.15, -0.1) is 0 Å². The Balaban J connectivity index is 1.79. The van der Waals surface area contributed by atoms with Crippen molar-refractivity contribution >= 4 is 5.91 Å². The van der Waals surface area contributed by atoms with Crippen molar-refractivity contribution in [3.8, 4) is 5.75 Å². The molecule has 1 fully saturated rings. The van der Waals surface area contributed by atoms with Gasteiger partial charge in [0.05, 0.1) is 13.0 Å². The number of piperidine rings is 1. The largest absolute Gasteiger partial charge is 0.493 e. The zero-order chi connectivity index (χ0) is 15.9. The third kappa shape index (κ3) is 4.47. The summed E-state index contributed by atoms with van der Waals surface area (Å²) in [5.74, 6) is 1.69. The van der Waals surface area contributed by atoms with E-state index in [-0.39, 0.29) is 5.91 Å². The topological polar surface area (TPSA) is 41.6 Å². The molecule has 0 spiro atoms. The summed E-state index contributed by atoms with van der Waals surface area (Å²) in [6.45, 7) is 7.34. The Hall–Kier alpha value is -1.55. The summed E-state index contributed by atoms with van der Waals surface area (Å²) in [4.78, 5) is 14.3. The molecule has 0 saturated carbocycles. The summed E-state index contributed by atoms with van der Waals surface area (Å²) in [6.07, 6.45) is 2.78. The Labute approximate surface area is 133 Å². The number of likely N-dealkylation sites (tertiary alicyclic amines) is 1. The third-order valence-corrected chi connectivity index (χ3v) is 4.49. The molecule has 1 atom stereocenters. The number of benzene rings is 1. The first-order valence-corrected chi connectivity index (χ1v) is 8.23. The number of amides is 1. The van der Waals surface area contributed by atoms with Crippen LogP contribution < -0.4 is 10.1 Å². The van der Waals surface area contributed by atoms with Crippen molar-refractivity contribution in [1.82, 2.24) is 10.2 Å². The SMILES string of the molecule is CNC[C@H]1CCCN(C(=O)CCOc2cccc(C)c2C)C1. The molecule has 1 saturated heterocycles. The van der Waals surface area contributed by atoms with Gasteiger partial charge in [0, 0.05) is 13.1 Å². The summed E-state index contributed by atoms with van der Waals surface area (Å²) in [5.41, 5.74) is 2.37. The average molecular weight is 304 g/mol. The summed E-state index contributed by atoms with van der Waals surface area (Å²) < 4.78 is 5.79. The van der Waals surface area contributed by atoms with E-state index in [0.717, 1.165) is 37.4 Å². The van der Waals surface area contributed by atoms with Crippen molar-refractivity contribution < 1.29 is 9.53 Å². The van der Waals surface area contributed by atoms with E-state index in [1.165, 1.54) is 12.0 Å². The molecular formula is C18H28N2O2. The van der Waals surface area contributed by atoms with Gasteiger partial charge in [-0.3, -0.25) is 4.79 Å². The molecule has 1 aromatic rings. The second-order valence-corrected chi connectivity index (χ2v) is 6.20. The lowest BCUT2D eigenvalue weighted by atomic mass is 9.98. The van der Waals surface area contributed by atoms with E-state index < -0.39 is 0 Å². The van der Waals surface area contributed by atoms with Gasteiger partial charge in [-0.1, -0.05) is 12.1 Å². The molecule has 0 aromatic heterocycles. The predicted molar refractivity (Wildman–Crippen MR) is 89.3 cm³/mol. The number of carbonyl (C=O) groups excluding carboxylic acids is 1. The van der Waals surface area contributed by atoms with Crippen LogP contribution in [0.3, 0.4) is 0 Å². The Morgan fingerprint density at radius 3 is 3.00 bits per heavy atom. The molecule has 1 N–H and O–H groups in total. The number of nitrogens with zero attached hydrogens (tertiary/aromatic N) is 1. The van der Waals surface area contributed by atoms with E-state index in [1.54, 1.807) is 0 Å². The summed E-state index contributed by atoms with van der Waals surface area (Å²) in [6, 6.07) is 6.03. The van der Waals surface area contributed by atoms with Gasteiger partial charge in [0.1, 0.15) is 5.75 Å². The average Bonchev–Trinajstić information content (AvgIpc) is 2.52. The smallest absolute Gasteiger partial charge is 0.226 e. The van der Waals surface area contributed by atoms with Crippen LogP contribution in [0.5, 0.6) is 5.75 Å². The van der Waals surface area contributed by atoms with Crippen LogP contribution in [0.1, 0.15) is 30.4 Å². The van der Waals surface area contributed by atoms with E-state index in [0.29, 0.717) is 18.9 Å². The first-order valence-electron chi connectivity index (χ1n) is 8.23. The van der Waals surface area contributed by atoms with Gasteiger partial charge in [-0.25, -0.2) is 0 Å². The van der Waals surface area contributed by atoms with E-state index in [2.05, 4.69) is 25.2 Å². The van der Waals surface area contributed by atoms with Crippen LogP contribution in [0.15, 0.2) is 18.2 Å². The molecule has 1 aromatic carbocycles. The molecule has 122 valence electrons. The molecule has 0 radical (unpaired) electrons. The van der Waals surface area contributed by atoms with Gasteiger partial charge in [-0.05, 0) is 63.4 Å². The van der Waals surface area contributed by atoms with Crippen LogP contribution in [-0.4, -0.2) is 44.1 Å². The van der Waals surface area contributed by atoms with Crippen LogP contribution in [0.25, 0.3) is 0 Å². The standard InChI is InChI=1S/C18H28N2O2/c1-14-6-4-8-17(15(14)2)22-11-9-18(21)20-10-5-7-16(13-20)12-19-3/h4,6,8,16,19H,5,7,9-13H2,1-3H3/t16-/m1/s1. The molecule has 0 bridgehead atoms. The number of aryl methyl sites for hydroxylation is 1. The fourth-order valence-corrected chi connectivity index (χ4v) is 3.03. The van der Waals surface area contributed by atoms with Gasteiger partial charge in [0.2, 0.25) is 5.91 Å². The number of ether oxygens (including phenoxy) is 1. The monoisotopic (exact) mass is 304 g/mol. The summed E-state index contributed by atoms with van der Waals surface area (Å²) in [7, 11) is 1.97. The van der Waals surface area contributed by atoms with Gasteiger partial charge in [-0.2, -0.15) is 0 Å². The van der Waals surface area contributed by atoms with Crippen molar-refractivity contribution in [2.75, 3.05) is 33.3 Å². The van der Waals surface area contributed by atoms with Crippen LogP contribution >= 0.6 is 0 Å². The van der Waals surface area contributed by atoms with E-state index >= 15 is 0 Å². The summed E-state index contributed by atoms with van der Waals surface area (Å²) in [5, 5.41) is 3.21. The highest BCUT2D eigenvalue weighted by Gasteiger charge is 2.22. The highest BCUT2D eigenvalue weighted by atomic mass is 16.5. The van der Waals surface area contributed by atoms with Gasteiger partial charge in [0.25, 0.3) is 0 Å². The molecule has 1 aliphatic rings. The highest BCUT2D eigenvalue weighted by molar-refractivity contribution is 5.76. The lowest BCUT2D eigenvalue weighted by Crippen LogP contribution is -2.42. The fourth-order valence-electron chi connectivity index (χ4n) is 3.03. The zero-order valence-electron chi connectivity index (χ0n) is 14.0. The lowest BCUT2D eigenvalue weighted by Gasteiger charge is -2.32.